The van der Waals surface area contributed by atoms with Crippen LogP contribution in [0.5, 0.6) is 0 Å². The summed E-state index contributed by atoms with van der Waals surface area (Å²) in [6, 6.07) is 74.8. The van der Waals surface area contributed by atoms with Crippen molar-refractivity contribution in [3.8, 4) is 27.9 Å². The van der Waals surface area contributed by atoms with Crippen molar-refractivity contribution in [2.24, 2.45) is 0 Å². The topological polar surface area (TPSA) is 8.17 Å². The third kappa shape index (κ3) is 4.96. The summed E-state index contributed by atoms with van der Waals surface area (Å²) in [6.07, 6.45) is 0. The largest absolute Gasteiger partial charge is 0.310 e. The van der Waals surface area contributed by atoms with Gasteiger partial charge in [0.15, 0.2) is 0 Å². The van der Waals surface area contributed by atoms with E-state index in [1.807, 2.05) is 0 Å². The van der Waals surface area contributed by atoms with E-state index in [4.69, 9.17) is 0 Å². The van der Waals surface area contributed by atoms with Gasteiger partial charge in [-0.25, -0.2) is 0 Å². The quantitative estimate of drug-likeness (QED) is 0.161. The summed E-state index contributed by atoms with van der Waals surface area (Å²) in [6.45, 7) is 0. The third-order valence-electron chi connectivity index (χ3n) is 10.4. The van der Waals surface area contributed by atoms with E-state index in [1.54, 1.807) is 0 Å². The molecule has 10 aromatic rings. The van der Waals surface area contributed by atoms with E-state index < -0.39 is 0 Å². The maximum atomic E-state index is 2.46. The number of hydrogen-bond donors (Lipinski definition) is 0. The molecule has 0 N–H and O–H groups in total. The highest BCUT2D eigenvalue weighted by atomic mass is 15.1. The third-order valence-corrected chi connectivity index (χ3v) is 10.4. The van der Waals surface area contributed by atoms with Crippen LogP contribution in [-0.4, -0.2) is 4.57 Å². The van der Waals surface area contributed by atoms with Crippen LogP contribution in [0.2, 0.25) is 0 Å². The minimum absolute atomic E-state index is 1.10. The summed E-state index contributed by atoms with van der Waals surface area (Å²) >= 11 is 0. The lowest BCUT2D eigenvalue weighted by atomic mass is 9.93. The molecule has 0 amide bonds. The van der Waals surface area contributed by atoms with Crippen LogP contribution >= 0.6 is 0 Å². The van der Waals surface area contributed by atoms with Crippen LogP contribution in [0.3, 0.4) is 0 Å². The zero-order valence-electron chi connectivity index (χ0n) is 28.5. The maximum absolute atomic E-state index is 2.46. The highest BCUT2D eigenvalue weighted by Crippen LogP contribution is 2.46. The van der Waals surface area contributed by atoms with Crippen molar-refractivity contribution in [2.75, 3.05) is 4.90 Å². The van der Waals surface area contributed by atoms with Gasteiger partial charge < -0.3 is 9.47 Å². The van der Waals surface area contributed by atoms with E-state index in [2.05, 4.69) is 216 Å². The van der Waals surface area contributed by atoms with Crippen LogP contribution in [-0.2, 0) is 0 Å². The summed E-state index contributed by atoms with van der Waals surface area (Å²) in [5.41, 5.74) is 11.6. The van der Waals surface area contributed by atoms with Gasteiger partial charge in [-0.15, -0.1) is 0 Å². The highest BCUT2D eigenvalue weighted by Gasteiger charge is 2.22. The van der Waals surface area contributed by atoms with Crippen LogP contribution in [0.1, 0.15) is 0 Å². The molecular formula is C50H34N2. The minimum Gasteiger partial charge on any atom is -0.310 e. The van der Waals surface area contributed by atoms with Crippen molar-refractivity contribution in [1.82, 2.24) is 4.57 Å². The molecule has 0 unspecified atom stereocenters. The fraction of sp³-hybridized carbons (Fsp3) is 0. The average Bonchev–Trinajstić information content (AvgIpc) is 3.57. The molecule has 0 aliphatic carbocycles. The van der Waals surface area contributed by atoms with Crippen LogP contribution in [0.15, 0.2) is 206 Å². The molecule has 0 saturated carbocycles. The van der Waals surface area contributed by atoms with Crippen LogP contribution in [0.4, 0.5) is 17.1 Å². The number of para-hydroxylation sites is 2. The van der Waals surface area contributed by atoms with Crippen LogP contribution in [0.25, 0.3) is 71.3 Å². The van der Waals surface area contributed by atoms with Crippen LogP contribution < -0.4 is 4.90 Å². The zero-order valence-corrected chi connectivity index (χ0v) is 28.5. The van der Waals surface area contributed by atoms with Gasteiger partial charge in [0.05, 0.1) is 16.7 Å². The maximum Gasteiger partial charge on any atom is 0.0562 e. The number of anilines is 3. The SMILES string of the molecule is c1ccc(-c2ccc(N(c3ccc4ccc5ccccc5c4c3)c3cccc4c3c3ccccc3n4-c3ccccc3)cc2-c2ccccc2)cc1. The van der Waals surface area contributed by atoms with Crippen molar-refractivity contribution in [1.29, 1.82) is 0 Å². The van der Waals surface area contributed by atoms with Crippen molar-refractivity contribution < 1.29 is 0 Å². The predicted octanol–water partition coefficient (Wildman–Crippen LogP) is 13.9. The molecule has 10 rings (SSSR count). The molecule has 2 nitrogen and oxygen atoms in total. The molecule has 244 valence electrons. The Hall–Kier alpha value is -6.90. The molecule has 0 aliphatic rings. The Labute approximate surface area is 303 Å². The normalized spacial score (nSPS) is 11.5. The van der Waals surface area contributed by atoms with Gasteiger partial charge >= 0.3 is 0 Å². The van der Waals surface area contributed by atoms with Crippen LogP contribution in [0, 0.1) is 0 Å². The van der Waals surface area contributed by atoms with E-state index in [1.165, 1.54) is 65.6 Å². The Kier molecular flexibility index (Phi) is 7.18. The van der Waals surface area contributed by atoms with Gasteiger partial charge in [-0.1, -0.05) is 152 Å². The summed E-state index contributed by atoms with van der Waals surface area (Å²) in [5, 5.41) is 7.40. The van der Waals surface area contributed by atoms with Crippen molar-refractivity contribution in [3.63, 3.8) is 0 Å². The number of rotatable bonds is 6. The summed E-state index contributed by atoms with van der Waals surface area (Å²) < 4.78 is 2.40. The molecule has 0 aliphatic heterocycles. The Morgan fingerprint density at radius 1 is 0.346 bits per heavy atom. The first-order valence-electron chi connectivity index (χ1n) is 17.9. The molecule has 0 saturated heterocycles. The molecule has 0 radical (unpaired) electrons. The van der Waals surface area contributed by atoms with E-state index in [9.17, 15) is 0 Å². The van der Waals surface area contributed by atoms with Crippen molar-refractivity contribution in [3.05, 3.63) is 206 Å². The van der Waals surface area contributed by atoms with Gasteiger partial charge in [0, 0.05) is 27.8 Å². The minimum atomic E-state index is 1.10. The number of benzene rings is 9. The first-order chi connectivity index (χ1) is 25.8. The lowest BCUT2D eigenvalue weighted by Crippen LogP contribution is -2.11. The first-order valence-corrected chi connectivity index (χ1v) is 17.9. The zero-order chi connectivity index (χ0) is 34.4. The van der Waals surface area contributed by atoms with Gasteiger partial charge in [-0.05, 0) is 98.4 Å². The van der Waals surface area contributed by atoms with E-state index in [0.717, 1.165) is 22.7 Å². The Morgan fingerprint density at radius 2 is 0.904 bits per heavy atom. The number of nitrogens with zero attached hydrogens (tertiary/aromatic N) is 2. The van der Waals surface area contributed by atoms with Gasteiger partial charge in [0.1, 0.15) is 0 Å². The number of hydrogen-bond acceptors (Lipinski definition) is 1. The van der Waals surface area contributed by atoms with Gasteiger partial charge in [0.25, 0.3) is 0 Å². The number of fused-ring (bicyclic) bond motifs is 6. The van der Waals surface area contributed by atoms with E-state index in [0.29, 0.717) is 0 Å². The highest BCUT2D eigenvalue weighted by molar-refractivity contribution is 6.17. The molecule has 0 spiro atoms. The summed E-state index contributed by atoms with van der Waals surface area (Å²) in [7, 11) is 0. The smallest absolute Gasteiger partial charge is 0.0562 e. The molecule has 1 aromatic heterocycles. The molecule has 1 heterocycles. The van der Waals surface area contributed by atoms with E-state index >= 15 is 0 Å². The van der Waals surface area contributed by atoms with Gasteiger partial charge in [0.2, 0.25) is 0 Å². The summed E-state index contributed by atoms with van der Waals surface area (Å²) in [4.78, 5) is 2.46. The van der Waals surface area contributed by atoms with Gasteiger partial charge in [-0.2, -0.15) is 0 Å². The average molecular weight is 663 g/mol. The molecule has 0 bridgehead atoms. The standard InChI is InChI=1S/C50H34N2/c1-4-15-35(16-5-1)43-32-31-41(34-45(43)36-17-6-2-7-18-36)51(40-30-29-38-28-27-37-19-10-11-22-42(37)46(38)33-40)48-25-14-26-49-50(48)44-23-12-13-24-47(44)52(49)39-20-8-3-9-21-39/h1-34H. The fourth-order valence-electron chi connectivity index (χ4n) is 8.00. The van der Waals surface area contributed by atoms with Gasteiger partial charge in [-0.3, -0.25) is 0 Å². The summed E-state index contributed by atoms with van der Waals surface area (Å²) in [5.74, 6) is 0. The molecule has 9 aromatic carbocycles. The Balaban J connectivity index is 1.30. The van der Waals surface area contributed by atoms with Crippen molar-refractivity contribution >= 4 is 60.4 Å². The molecular weight excluding hydrogens is 629 g/mol. The Morgan fingerprint density at radius 3 is 1.67 bits per heavy atom. The molecule has 0 fully saturated rings. The number of aromatic nitrogens is 1. The van der Waals surface area contributed by atoms with E-state index in [-0.39, 0.29) is 0 Å². The monoisotopic (exact) mass is 662 g/mol. The second-order valence-electron chi connectivity index (χ2n) is 13.3. The fourth-order valence-corrected chi connectivity index (χ4v) is 8.00. The first kappa shape index (κ1) is 30.0. The Bertz CT molecular complexity index is 2890. The molecule has 2 heteroatoms. The second-order valence-corrected chi connectivity index (χ2v) is 13.3. The van der Waals surface area contributed by atoms with Crippen molar-refractivity contribution in [2.45, 2.75) is 0 Å². The molecule has 52 heavy (non-hydrogen) atoms. The second kappa shape index (κ2) is 12.5. The lowest BCUT2D eigenvalue weighted by Gasteiger charge is -2.28. The molecule has 0 atom stereocenters. The lowest BCUT2D eigenvalue weighted by molar-refractivity contribution is 1.18. The predicted molar refractivity (Wildman–Crippen MR) is 221 cm³/mol.